The van der Waals surface area contributed by atoms with Crippen molar-refractivity contribution in [1.29, 1.82) is 0 Å². The molecule has 0 radical (unpaired) electrons. The molecule has 7 nitrogen and oxygen atoms in total. The van der Waals surface area contributed by atoms with Crippen molar-refractivity contribution in [3.05, 3.63) is 30.1 Å². The third-order valence-corrected chi connectivity index (χ3v) is 5.00. The first kappa shape index (κ1) is 19.3. The van der Waals surface area contributed by atoms with Gasteiger partial charge in [-0.3, -0.25) is 19.3 Å². The number of carbonyl (C=O) groups is 3. The van der Waals surface area contributed by atoms with Crippen LogP contribution in [0, 0.1) is 11.7 Å². The zero-order valence-corrected chi connectivity index (χ0v) is 15.2. The predicted octanol–water partition coefficient (Wildman–Crippen LogP) is 1.25. The number of anilines is 1. The van der Waals surface area contributed by atoms with E-state index in [9.17, 15) is 18.8 Å². The van der Waals surface area contributed by atoms with Crippen LogP contribution in [0.4, 0.5) is 10.1 Å². The molecule has 2 amide bonds. The van der Waals surface area contributed by atoms with Gasteiger partial charge in [-0.15, -0.1) is 0 Å². The average molecular weight is 377 g/mol. The van der Waals surface area contributed by atoms with E-state index in [0.29, 0.717) is 31.9 Å². The van der Waals surface area contributed by atoms with Crippen molar-refractivity contribution in [3.63, 3.8) is 0 Å². The van der Waals surface area contributed by atoms with Crippen LogP contribution in [0.2, 0.25) is 0 Å². The van der Waals surface area contributed by atoms with Crippen molar-refractivity contribution < 1.29 is 23.5 Å². The van der Waals surface area contributed by atoms with E-state index in [2.05, 4.69) is 5.32 Å². The van der Waals surface area contributed by atoms with Gasteiger partial charge in [0.15, 0.2) is 6.61 Å². The first-order valence-electron chi connectivity index (χ1n) is 9.23. The molecule has 0 aromatic heterocycles. The van der Waals surface area contributed by atoms with Gasteiger partial charge in [0, 0.05) is 31.9 Å². The number of ether oxygens (including phenoxy) is 1. The summed E-state index contributed by atoms with van der Waals surface area (Å²) in [5.41, 5.74) is 0.545. The van der Waals surface area contributed by atoms with Gasteiger partial charge in [-0.05, 0) is 37.1 Å². The van der Waals surface area contributed by atoms with Crippen molar-refractivity contribution in [2.75, 3.05) is 44.6 Å². The van der Waals surface area contributed by atoms with Crippen LogP contribution < -0.4 is 5.32 Å². The molecule has 1 aliphatic heterocycles. The van der Waals surface area contributed by atoms with Crippen LogP contribution in [0.25, 0.3) is 0 Å². The third kappa shape index (κ3) is 5.50. The van der Waals surface area contributed by atoms with E-state index in [0.717, 1.165) is 19.3 Å². The predicted molar refractivity (Wildman–Crippen MR) is 96.3 cm³/mol. The molecule has 1 heterocycles. The molecule has 1 saturated heterocycles. The fourth-order valence-corrected chi connectivity index (χ4v) is 3.08. The van der Waals surface area contributed by atoms with Gasteiger partial charge < -0.3 is 15.0 Å². The van der Waals surface area contributed by atoms with Crippen molar-refractivity contribution in [3.8, 4) is 0 Å². The minimum absolute atomic E-state index is 0.0331. The molecule has 1 saturated carbocycles. The molecule has 3 rings (SSSR count). The lowest BCUT2D eigenvalue weighted by Crippen LogP contribution is -2.51. The number of nitrogens with one attached hydrogen (secondary N) is 1. The summed E-state index contributed by atoms with van der Waals surface area (Å²) in [6.07, 6.45) is 2.75. The highest BCUT2D eigenvalue weighted by molar-refractivity contribution is 5.92. The normalized spacial score (nSPS) is 17.9. The summed E-state index contributed by atoms with van der Waals surface area (Å²) >= 11 is 0. The molecule has 2 aliphatic rings. The zero-order chi connectivity index (χ0) is 19.2. The Morgan fingerprint density at radius 2 is 1.74 bits per heavy atom. The van der Waals surface area contributed by atoms with Gasteiger partial charge in [0.05, 0.1) is 12.5 Å². The van der Waals surface area contributed by atoms with Gasteiger partial charge in [-0.2, -0.15) is 0 Å². The van der Waals surface area contributed by atoms with E-state index in [-0.39, 0.29) is 42.7 Å². The maximum Gasteiger partial charge on any atom is 0.309 e. The van der Waals surface area contributed by atoms with Crippen LogP contribution in [0.15, 0.2) is 24.3 Å². The maximum absolute atomic E-state index is 12.9. The second-order valence-electron chi connectivity index (χ2n) is 6.95. The fraction of sp³-hybridized carbons (Fsp3) is 0.526. The molecular weight excluding hydrogens is 353 g/mol. The Kier molecular flexibility index (Phi) is 6.39. The van der Waals surface area contributed by atoms with E-state index in [1.54, 1.807) is 4.90 Å². The summed E-state index contributed by atoms with van der Waals surface area (Å²) in [5.74, 6) is -1.04. The Morgan fingerprint density at radius 3 is 2.33 bits per heavy atom. The molecule has 0 spiro atoms. The van der Waals surface area contributed by atoms with Crippen molar-refractivity contribution >= 4 is 23.5 Å². The highest BCUT2D eigenvalue weighted by Crippen LogP contribution is 2.27. The summed E-state index contributed by atoms with van der Waals surface area (Å²) < 4.78 is 18.0. The standard InChI is InChI=1S/C19H24FN3O4/c20-15-4-6-16(7-5-15)21-17(24)12-22-8-10-23(11-9-22)18(25)13-27-19(26)14-2-1-3-14/h4-7,14H,1-3,8-13H2,(H,21,24). The number of nitrogens with zero attached hydrogens (tertiary/aromatic N) is 2. The molecule has 0 atom stereocenters. The minimum atomic E-state index is -0.354. The highest BCUT2D eigenvalue weighted by atomic mass is 19.1. The Hall–Kier alpha value is -2.48. The van der Waals surface area contributed by atoms with Crippen LogP contribution in [-0.4, -0.2) is 66.9 Å². The third-order valence-electron chi connectivity index (χ3n) is 5.00. The first-order valence-corrected chi connectivity index (χ1v) is 9.23. The van der Waals surface area contributed by atoms with Gasteiger partial charge in [0.2, 0.25) is 5.91 Å². The van der Waals surface area contributed by atoms with Gasteiger partial charge in [-0.1, -0.05) is 6.42 Å². The summed E-state index contributed by atoms with van der Waals surface area (Å²) in [5, 5.41) is 2.72. The number of halogens is 1. The number of carbonyl (C=O) groups excluding carboxylic acids is 3. The van der Waals surface area contributed by atoms with Crippen LogP contribution in [-0.2, 0) is 19.1 Å². The summed E-state index contributed by atoms with van der Waals surface area (Å²) in [7, 11) is 0. The van der Waals surface area contributed by atoms with Crippen molar-refractivity contribution in [2.45, 2.75) is 19.3 Å². The molecular formula is C19H24FN3O4. The second kappa shape index (κ2) is 8.94. The van der Waals surface area contributed by atoms with E-state index in [4.69, 9.17) is 4.74 Å². The molecule has 1 aliphatic carbocycles. The fourth-order valence-electron chi connectivity index (χ4n) is 3.08. The van der Waals surface area contributed by atoms with Crippen LogP contribution in [0.5, 0.6) is 0 Å². The molecule has 0 bridgehead atoms. The Bertz CT molecular complexity index is 683. The number of esters is 1. The van der Waals surface area contributed by atoms with Crippen LogP contribution in [0.1, 0.15) is 19.3 Å². The highest BCUT2D eigenvalue weighted by Gasteiger charge is 2.28. The number of hydrogen-bond donors (Lipinski definition) is 1. The van der Waals surface area contributed by atoms with Gasteiger partial charge in [0.1, 0.15) is 5.82 Å². The molecule has 1 N–H and O–H groups in total. The number of piperazine rings is 1. The van der Waals surface area contributed by atoms with E-state index in [1.807, 2.05) is 4.90 Å². The lowest BCUT2D eigenvalue weighted by Gasteiger charge is -2.34. The minimum Gasteiger partial charge on any atom is -0.455 e. The molecule has 1 aromatic carbocycles. The van der Waals surface area contributed by atoms with Crippen LogP contribution in [0.3, 0.4) is 0 Å². The number of hydrogen-bond acceptors (Lipinski definition) is 5. The van der Waals surface area contributed by atoms with E-state index in [1.165, 1.54) is 24.3 Å². The molecule has 27 heavy (non-hydrogen) atoms. The number of rotatable bonds is 6. The summed E-state index contributed by atoms with van der Waals surface area (Å²) in [6, 6.07) is 5.60. The van der Waals surface area contributed by atoms with E-state index >= 15 is 0 Å². The SMILES string of the molecule is O=C(CN1CCN(C(=O)COC(=O)C2CCC2)CC1)Nc1ccc(F)cc1. The number of benzene rings is 1. The lowest BCUT2D eigenvalue weighted by atomic mass is 9.86. The zero-order valence-electron chi connectivity index (χ0n) is 15.2. The average Bonchev–Trinajstić information content (AvgIpc) is 2.61. The number of amides is 2. The topological polar surface area (TPSA) is 79.0 Å². The molecule has 2 fully saturated rings. The summed E-state index contributed by atoms with van der Waals surface area (Å²) in [4.78, 5) is 39.5. The lowest BCUT2D eigenvalue weighted by molar-refractivity contribution is -0.158. The Balaban J connectivity index is 1.35. The Morgan fingerprint density at radius 1 is 1.07 bits per heavy atom. The molecule has 146 valence electrons. The summed E-state index contributed by atoms with van der Waals surface area (Å²) in [6.45, 7) is 2.11. The quantitative estimate of drug-likeness (QED) is 0.755. The molecule has 1 aromatic rings. The monoisotopic (exact) mass is 377 g/mol. The molecule has 0 unspecified atom stereocenters. The second-order valence-corrected chi connectivity index (χ2v) is 6.95. The van der Waals surface area contributed by atoms with E-state index < -0.39 is 0 Å². The maximum atomic E-state index is 12.9. The van der Waals surface area contributed by atoms with Crippen molar-refractivity contribution in [1.82, 2.24) is 9.80 Å². The van der Waals surface area contributed by atoms with Crippen LogP contribution >= 0.6 is 0 Å². The van der Waals surface area contributed by atoms with Crippen molar-refractivity contribution in [2.24, 2.45) is 5.92 Å². The van der Waals surface area contributed by atoms with Gasteiger partial charge in [-0.25, -0.2) is 4.39 Å². The van der Waals surface area contributed by atoms with Gasteiger partial charge >= 0.3 is 5.97 Å². The smallest absolute Gasteiger partial charge is 0.309 e. The van der Waals surface area contributed by atoms with Gasteiger partial charge in [0.25, 0.3) is 5.91 Å². The Labute approximate surface area is 157 Å². The molecule has 8 heteroatoms. The largest absolute Gasteiger partial charge is 0.455 e. The first-order chi connectivity index (χ1) is 13.0.